The zero-order chi connectivity index (χ0) is 25.7. The lowest BCUT2D eigenvalue weighted by molar-refractivity contribution is -0.112. The average Bonchev–Trinajstić information content (AvgIpc) is 2.88. The van der Waals surface area contributed by atoms with Crippen LogP contribution in [-0.4, -0.2) is 18.1 Å². The third kappa shape index (κ3) is 5.61. The summed E-state index contributed by atoms with van der Waals surface area (Å²) in [6, 6.07) is 23.9. The summed E-state index contributed by atoms with van der Waals surface area (Å²) >= 11 is 2.16. The molecule has 7 heteroatoms. The van der Waals surface area contributed by atoms with E-state index in [2.05, 4.69) is 59.1 Å². The number of phenols is 1. The minimum absolute atomic E-state index is 0.0685. The lowest BCUT2D eigenvalue weighted by Crippen LogP contribution is -2.13. The first-order valence-electron chi connectivity index (χ1n) is 11.1. The molecule has 0 unspecified atom stereocenters. The number of carbonyl (C=O) groups excluding carboxylic acids is 1. The number of nitriles is 1. The lowest BCUT2D eigenvalue weighted by atomic mass is 10.0. The number of rotatable bonds is 7. The molecule has 0 saturated carbocycles. The van der Waals surface area contributed by atoms with Gasteiger partial charge in [0.05, 0.1) is 10.7 Å². The minimum atomic E-state index is -0.552. The number of hydrogen-bond acceptors (Lipinski definition) is 5. The number of phenolic OH excluding ortho intramolecular Hbond substituents is 1. The maximum Gasteiger partial charge on any atom is 0.266 e. The number of aryl methyl sites for hydroxylation is 1. The first-order valence-corrected chi connectivity index (χ1v) is 12.2. The largest absolute Gasteiger partial charge is 0.508 e. The van der Waals surface area contributed by atoms with Gasteiger partial charge in [0.1, 0.15) is 24.0 Å². The molecule has 36 heavy (non-hydrogen) atoms. The highest BCUT2D eigenvalue weighted by atomic mass is 127. The summed E-state index contributed by atoms with van der Waals surface area (Å²) in [7, 11) is 1.55. The van der Waals surface area contributed by atoms with E-state index in [0.29, 0.717) is 29.4 Å². The van der Waals surface area contributed by atoms with Gasteiger partial charge in [0, 0.05) is 11.3 Å². The van der Waals surface area contributed by atoms with Gasteiger partial charge in [-0.3, -0.25) is 4.79 Å². The number of nitrogens with one attached hydrogen (secondary N) is 1. The molecule has 0 aliphatic rings. The van der Waals surface area contributed by atoms with Crippen molar-refractivity contribution in [3.8, 4) is 23.3 Å². The highest BCUT2D eigenvalue weighted by Crippen LogP contribution is 2.36. The molecular formula is C29H23IN2O4. The standard InChI is InChI=1S/C29H23IN2O4/c1-18-7-8-20-5-3-4-6-24(20)25(18)17-36-28-26(30)14-19(15-27(28)35-2)13-21(16-31)29(34)32-22-9-11-23(33)12-10-22/h3-15,33H,17H2,1-2H3,(H,32,34)/b21-13+. The van der Waals surface area contributed by atoms with Gasteiger partial charge in [-0.1, -0.05) is 36.4 Å². The second-order valence-electron chi connectivity index (χ2n) is 8.08. The van der Waals surface area contributed by atoms with Gasteiger partial charge in [-0.15, -0.1) is 0 Å². The number of hydrogen-bond donors (Lipinski definition) is 2. The quantitative estimate of drug-likeness (QED) is 0.110. The Morgan fingerprint density at radius 2 is 1.86 bits per heavy atom. The normalized spacial score (nSPS) is 11.1. The van der Waals surface area contributed by atoms with E-state index in [0.717, 1.165) is 25.5 Å². The number of carbonyl (C=O) groups is 1. The number of amides is 1. The zero-order valence-electron chi connectivity index (χ0n) is 19.7. The van der Waals surface area contributed by atoms with Crippen LogP contribution in [0.15, 0.2) is 78.4 Å². The van der Waals surface area contributed by atoms with Crippen molar-refractivity contribution in [1.29, 1.82) is 5.26 Å². The van der Waals surface area contributed by atoms with Gasteiger partial charge in [0.15, 0.2) is 11.5 Å². The molecule has 0 heterocycles. The molecule has 0 aromatic heterocycles. The molecule has 4 rings (SSSR count). The van der Waals surface area contributed by atoms with Crippen molar-refractivity contribution < 1.29 is 19.4 Å². The lowest BCUT2D eigenvalue weighted by Gasteiger charge is -2.16. The summed E-state index contributed by atoms with van der Waals surface area (Å²) in [5, 5.41) is 23.9. The number of nitrogens with zero attached hydrogens (tertiary/aromatic N) is 1. The fraction of sp³-hybridized carbons (Fsp3) is 0.103. The molecule has 4 aromatic rings. The molecule has 0 spiro atoms. The van der Waals surface area contributed by atoms with Crippen molar-refractivity contribution in [2.45, 2.75) is 13.5 Å². The number of halogens is 1. The van der Waals surface area contributed by atoms with E-state index in [-0.39, 0.29) is 11.3 Å². The van der Waals surface area contributed by atoms with Crippen molar-refractivity contribution in [3.63, 3.8) is 0 Å². The fourth-order valence-electron chi connectivity index (χ4n) is 3.80. The number of fused-ring (bicyclic) bond motifs is 1. The fourth-order valence-corrected chi connectivity index (χ4v) is 4.58. The van der Waals surface area contributed by atoms with Gasteiger partial charge in [-0.05, 0) is 93.9 Å². The van der Waals surface area contributed by atoms with Crippen LogP contribution in [0.25, 0.3) is 16.8 Å². The predicted octanol–water partition coefficient (Wildman–Crippen LogP) is 6.59. The molecule has 2 N–H and O–H groups in total. The SMILES string of the molecule is COc1cc(/C=C(\C#N)C(=O)Nc2ccc(O)cc2)cc(I)c1OCc1c(C)ccc2ccccc12. The molecule has 180 valence electrons. The number of aromatic hydroxyl groups is 1. The summed E-state index contributed by atoms with van der Waals surface area (Å²) in [5.74, 6) is 0.629. The van der Waals surface area contributed by atoms with E-state index in [1.165, 1.54) is 18.2 Å². The number of benzene rings is 4. The maximum absolute atomic E-state index is 12.6. The van der Waals surface area contributed by atoms with Crippen molar-refractivity contribution in [3.05, 3.63) is 98.6 Å². The second kappa shape index (κ2) is 11.1. The Hall–Kier alpha value is -4.03. The monoisotopic (exact) mass is 590 g/mol. The number of ether oxygens (including phenoxy) is 2. The Morgan fingerprint density at radius 1 is 1.11 bits per heavy atom. The molecule has 1 amide bonds. The van der Waals surface area contributed by atoms with Gasteiger partial charge < -0.3 is 19.9 Å². The van der Waals surface area contributed by atoms with Crippen molar-refractivity contribution >= 4 is 51.0 Å². The summed E-state index contributed by atoms with van der Waals surface area (Å²) in [6.07, 6.45) is 1.50. The molecule has 0 aliphatic carbocycles. The van der Waals surface area contributed by atoms with E-state index < -0.39 is 5.91 Å². The summed E-state index contributed by atoms with van der Waals surface area (Å²) < 4.78 is 12.6. The Kier molecular flexibility index (Phi) is 7.76. The third-order valence-corrected chi connectivity index (χ3v) is 6.49. The van der Waals surface area contributed by atoms with Crippen molar-refractivity contribution in [2.24, 2.45) is 0 Å². The molecular weight excluding hydrogens is 567 g/mol. The van der Waals surface area contributed by atoms with Crippen LogP contribution in [0.5, 0.6) is 17.2 Å². The smallest absolute Gasteiger partial charge is 0.266 e. The second-order valence-corrected chi connectivity index (χ2v) is 9.24. The van der Waals surface area contributed by atoms with E-state index in [9.17, 15) is 15.2 Å². The molecule has 0 saturated heterocycles. The van der Waals surface area contributed by atoms with E-state index in [1.807, 2.05) is 24.3 Å². The van der Waals surface area contributed by atoms with Crippen LogP contribution < -0.4 is 14.8 Å². The van der Waals surface area contributed by atoms with E-state index >= 15 is 0 Å². The Balaban J connectivity index is 1.58. The van der Waals surface area contributed by atoms with Crippen molar-refractivity contribution in [1.82, 2.24) is 0 Å². The Morgan fingerprint density at radius 3 is 2.58 bits per heavy atom. The Labute approximate surface area is 222 Å². The zero-order valence-corrected chi connectivity index (χ0v) is 21.9. The molecule has 0 atom stereocenters. The van der Waals surface area contributed by atoms with Crippen LogP contribution in [0, 0.1) is 21.8 Å². The molecule has 6 nitrogen and oxygen atoms in total. The molecule has 0 fully saturated rings. The van der Waals surface area contributed by atoms with Crippen LogP contribution in [0.3, 0.4) is 0 Å². The highest BCUT2D eigenvalue weighted by Gasteiger charge is 2.15. The van der Waals surface area contributed by atoms with Gasteiger partial charge in [0.2, 0.25) is 0 Å². The average molecular weight is 590 g/mol. The molecule has 0 bridgehead atoms. The highest BCUT2D eigenvalue weighted by molar-refractivity contribution is 14.1. The number of anilines is 1. The van der Waals surface area contributed by atoms with Gasteiger partial charge >= 0.3 is 0 Å². The predicted molar refractivity (Wildman–Crippen MR) is 149 cm³/mol. The maximum atomic E-state index is 12.6. The van der Waals surface area contributed by atoms with Crippen LogP contribution in [-0.2, 0) is 11.4 Å². The van der Waals surface area contributed by atoms with Gasteiger partial charge in [-0.2, -0.15) is 5.26 Å². The van der Waals surface area contributed by atoms with Crippen LogP contribution in [0.4, 0.5) is 5.69 Å². The molecule has 4 aromatic carbocycles. The summed E-state index contributed by atoms with van der Waals surface area (Å²) in [5.41, 5.74) is 3.27. The first kappa shape index (κ1) is 25.1. The van der Waals surface area contributed by atoms with Crippen molar-refractivity contribution in [2.75, 3.05) is 12.4 Å². The number of methoxy groups -OCH3 is 1. The molecule has 0 aliphatic heterocycles. The first-order chi connectivity index (χ1) is 17.4. The Bertz CT molecular complexity index is 1500. The molecule has 0 radical (unpaired) electrons. The van der Waals surface area contributed by atoms with Gasteiger partial charge in [0.25, 0.3) is 5.91 Å². The van der Waals surface area contributed by atoms with Gasteiger partial charge in [-0.25, -0.2) is 0 Å². The van der Waals surface area contributed by atoms with Crippen LogP contribution in [0.2, 0.25) is 0 Å². The third-order valence-electron chi connectivity index (χ3n) is 5.69. The summed E-state index contributed by atoms with van der Waals surface area (Å²) in [4.78, 5) is 12.6. The summed E-state index contributed by atoms with van der Waals surface area (Å²) in [6.45, 7) is 2.43. The van der Waals surface area contributed by atoms with E-state index in [1.54, 1.807) is 25.3 Å². The van der Waals surface area contributed by atoms with Crippen LogP contribution in [0.1, 0.15) is 16.7 Å². The minimum Gasteiger partial charge on any atom is -0.508 e. The van der Waals surface area contributed by atoms with Crippen LogP contribution >= 0.6 is 22.6 Å². The van der Waals surface area contributed by atoms with E-state index in [4.69, 9.17) is 9.47 Å². The topological polar surface area (TPSA) is 91.6 Å².